The molecule has 1 amide bonds. The van der Waals surface area contributed by atoms with Crippen LogP contribution in [0.3, 0.4) is 0 Å². The Morgan fingerprint density at radius 3 is 2.36 bits per heavy atom. The van der Waals surface area contributed by atoms with Gasteiger partial charge in [-0.25, -0.2) is 0 Å². The quantitative estimate of drug-likeness (QED) is 0.252. The fourth-order valence-electron chi connectivity index (χ4n) is 3.01. The number of hydrogen-bond acceptors (Lipinski definition) is 6. The van der Waals surface area contributed by atoms with Gasteiger partial charge in [-0.1, -0.05) is 48.1 Å². The van der Waals surface area contributed by atoms with Crippen LogP contribution in [0.1, 0.15) is 5.56 Å². The maximum absolute atomic E-state index is 12.4. The normalized spacial score (nSPS) is 10.6. The van der Waals surface area contributed by atoms with Crippen LogP contribution in [0.5, 0.6) is 5.75 Å². The molecule has 0 bridgehead atoms. The van der Waals surface area contributed by atoms with Gasteiger partial charge in [0.15, 0.2) is 11.0 Å². The first kappa shape index (κ1) is 22.4. The van der Waals surface area contributed by atoms with Crippen molar-refractivity contribution in [2.45, 2.75) is 5.16 Å². The van der Waals surface area contributed by atoms with E-state index in [4.69, 9.17) is 11.6 Å². The van der Waals surface area contributed by atoms with E-state index in [0.717, 1.165) is 16.8 Å². The largest absolute Gasteiger partial charge is 0.508 e. The molecular formula is C24H20ClN5O2S. The Balaban J connectivity index is 1.46. The third kappa shape index (κ3) is 5.54. The fourth-order valence-corrected chi connectivity index (χ4v) is 3.88. The molecule has 166 valence electrons. The van der Waals surface area contributed by atoms with Gasteiger partial charge in [0.2, 0.25) is 5.91 Å². The molecule has 0 atom stereocenters. The highest BCUT2D eigenvalue weighted by atomic mass is 35.5. The van der Waals surface area contributed by atoms with E-state index in [0.29, 0.717) is 21.7 Å². The molecule has 4 aromatic rings. The molecule has 0 saturated heterocycles. The van der Waals surface area contributed by atoms with Crippen molar-refractivity contribution in [3.05, 3.63) is 96.0 Å². The van der Waals surface area contributed by atoms with E-state index in [1.165, 1.54) is 11.8 Å². The molecular weight excluding hydrogens is 458 g/mol. The Bertz CT molecular complexity index is 1260. The van der Waals surface area contributed by atoms with E-state index < -0.39 is 0 Å². The highest BCUT2D eigenvalue weighted by Crippen LogP contribution is 2.28. The van der Waals surface area contributed by atoms with Crippen molar-refractivity contribution in [3.8, 4) is 22.8 Å². The number of rotatable bonds is 8. The summed E-state index contributed by atoms with van der Waals surface area (Å²) in [5.41, 5.74) is 8.41. The number of carbonyl (C=O) groups is 1. The second kappa shape index (κ2) is 10.2. The Morgan fingerprint density at radius 1 is 0.970 bits per heavy atom. The first-order valence-corrected chi connectivity index (χ1v) is 11.3. The predicted molar refractivity (Wildman–Crippen MR) is 131 cm³/mol. The lowest BCUT2D eigenvalue weighted by Crippen LogP contribution is -2.37. The number of amides is 1. The minimum atomic E-state index is -0.254. The number of nitrogens with zero attached hydrogens (tertiary/aromatic N) is 3. The number of benzene rings is 3. The number of hydrazine groups is 1. The van der Waals surface area contributed by atoms with Crippen molar-refractivity contribution < 1.29 is 9.90 Å². The maximum Gasteiger partial charge on any atom is 0.248 e. The summed E-state index contributed by atoms with van der Waals surface area (Å²) in [6.07, 6.45) is 0. The molecule has 0 saturated carbocycles. The summed E-state index contributed by atoms with van der Waals surface area (Å²) in [4.78, 5) is 12.4. The van der Waals surface area contributed by atoms with Gasteiger partial charge in [-0.2, -0.15) is 0 Å². The number of aromatic nitrogens is 3. The summed E-state index contributed by atoms with van der Waals surface area (Å²) in [6.45, 7) is 3.89. The number of phenolic OH excluding ortho intramolecular Hbond substituents is 1. The van der Waals surface area contributed by atoms with Crippen molar-refractivity contribution in [2.75, 3.05) is 5.75 Å². The van der Waals surface area contributed by atoms with E-state index in [1.807, 2.05) is 47.0 Å². The van der Waals surface area contributed by atoms with Crippen LogP contribution in [0.25, 0.3) is 22.8 Å². The van der Waals surface area contributed by atoms with Gasteiger partial charge in [-0.15, -0.1) is 10.2 Å². The lowest BCUT2D eigenvalue weighted by molar-refractivity contribution is -0.119. The highest BCUT2D eigenvalue weighted by molar-refractivity contribution is 7.99. The van der Waals surface area contributed by atoms with Crippen LogP contribution in [-0.4, -0.2) is 31.5 Å². The SMILES string of the molecule is C=C(NNC(=O)CSc1nnc(-c2ccc(Cl)cc2)n1-c1ccccc1)c1ccc(O)cc1. The summed E-state index contributed by atoms with van der Waals surface area (Å²) in [5.74, 6) is 0.671. The molecule has 9 heteroatoms. The summed E-state index contributed by atoms with van der Waals surface area (Å²) >= 11 is 7.30. The van der Waals surface area contributed by atoms with Crippen LogP contribution >= 0.6 is 23.4 Å². The third-order valence-electron chi connectivity index (χ3n) is 4.65. The molecule has 3 N–H and O–H groups in total. The molecule has 1 aromatic heterocycles. The van der Waals surface area contributed by atoms with E-state index in [9.17, 15) is 9.90 Å². The zero-order chi connectivity index (χ0) is 23.2. The van der Waals surface area contributed by atoms with Crippen molar-refractivity contribution in [2.24, 2.45) is 0 Å². The Hall–Kier alpha value is -3.75. The van der Waals surface area contributed by atoms with Crippen LogP contribution in [0, 0.1) is 0 Å². The summed E-state index contributed by atoms with van der Waals surface area (Å²) in [7, 11) is 0. The summed E-state index contributed by atoms with van der Waals surface area (Å²) < 4.78 is 1.91. The summed E-state index contributed by atoms with van der Waals surface area (Å²) in [6, 6.07) is 23.6. The number of nitrogens with one attached hydrogen (secondary N) is 2. The van der Waals surface area contributed by atoms with Gasteiger partial charge in [0.1, 0.15) is 5.75 Å². The maximum atomic E-state index is 12.4. The molecule has 33 heavy (non-hydrogen) atoms. The fraction of sp³-hybridized carbons (Fsp3) is 0.0417. The van der Waals surface area contributed by atoms with Crippen molar-refractivity contribution >= 4 is 35.0 Å². The van der Waals surface area contributed by atoms with E-state index in [1.54, 1.807) is 36.4 Å². The molecule has 0 aliphatic carbocycles. The minimum Gasteiger partial charge on any atom is -0.508 e. The lowest BCUT2D eigenvalue weighted by atomic mass is 10.2. The molecule has 7 nitrogen and oxygen atoms in total. The van der Waals surface area contributed by atoms with E-state index in [2.05, 4.69) is 27.6 Å². The second-order valence-electron chi connectivity index (χ2n) is 6.97. The average Bonchev–Trinajstić information content (AvgIpc) is 3.26. The molecule has 0 fully saturated rings. The topological polar surface area (TPSA) is 92.1 Å². The van der Waals surface area contributed by atoms with Crippen LogP contribution in [0.4, 0.5) is 0 Å². The lowest BCUT2D eigenvalue weighted by Gasteiger charge is -2.12. The van der Waals surface area contributed by atoms with Crippen molar-refractivity contribution in [1.29, 1.82) is 0 Å². The van der Waals surface area contributed by atoms with Gasteiger partial charge in [-0.3, -0.25) is 20.2 Å². The molecule has 1 heterocycles. The van der Waals surface area contributed by atoms with E-state index in [-0.39, 0.29) is 17.4 Å². The van der Waals surface area contributed by atoms with Gasteiger partial charge < -0.3 is 5.11 Å². The van der Waals surface area contributed by atoms with E-state index >= 15 is 0 Å². The zero-order valence-electron chi connectivity index (χ0n) is 17.4. The van der Waals surface area contributed by atoms with Crippen LogP contribution in [0.15, 0.2) is 90.6 Å². The van der Waals surface area contributed by atoms with Gasteiger partial charge in [-0.05, 0) is 66.2 Å². The van der Waals surface area contributed by atoms with Crippen LogP contribution in [-0.2, 0) is 4.79 Å². The first-order valence-electron chi connectivity index (χ1n) is 9.94. The number of aromatic hydroxyl groups is 1. The second-order valence-corrected chi connectivity index (χ2v) is 8.35. The minimum absolute atomic E-state index is 0.113. The first-order chi connectivity index (χ1) is 16.0. The van der Waals surface area contributed by atoms with Crippen molar-refractivity contribution in [1.82, 2.24) is 25.6 Å². The molecule has 0 unspecified atom stereocenters. The number of phenols is 1. The zero-order valence-corrected chi connectivity index (χ0v) is 19.0. The smallest absolute Gasteiger partial charge is 0.248 e. The molecule has 4 rings (SSSR count). The van der Waals surface area contributed by atoms with Gasteiger partial charge in [0.25, 0.3) is 0 Å². The molecule has 0 spiro atoms. The summed E-state index contributed by atoms with van der Waals surface area (Å²) in [5, 5.41) is 19.3. The number of hydrogen-bond donors (Lipinski definition) is 3. The Kier molecular flexibility index (Phi) is 6.97. The number of thioether (sulfide) groups is 1. The van der Waals surface area contributed by atoms with Gasteiger partial charge in [0, 0.05) is 16.3 Å². The standard InChI is InChI=1S/C24H20ClN5O2S/c1-16(17-9-13-21(31)14-10-17)26-27-22(32)15-33-24-29-28-23(18-7-11-19(25)12-8-18)30(24)20-5-3-2-4-6-20/h2-14,26,31H,1,15H2,(H,27,32). The Morgan fingerprint density at radius 2 is 1.67 bits per heavy atom. The predicted octanol–water partition coefficient (Wildman–Crippen LogP) is 4.68. The highest BCUT2D eigenvalue weighted by Gasteiger charge is 2.17. The number of para-hydroxylation sites is 1. The average molecular weight is 478 g/mol. The van der Waals surface area contributed by atoms with Crippen LogP contribution in [0.2, 0.25) is 5.02 Å². The van der Waals surface area contributed by atoms with Gasteiger partial charge in [0.05, 0.1) is 11.4 Å². The molecule has 3 aromatic carbocycles. The monoisotopic (exact) mass is 477 g/mol. The Labute approximate surface area is 200 Å². The van der Waals surface area contributed by atoms with Crippen molar-refractivity contribution in [3.63, 3.8) is 0 Å². The van der Waals surface area contributed by atoms with Gasteiger partial charge >= 0.3 is 0 Å². The number of halogens is 1. The molecule has 0 radical (unpaired) electrons. The third-order valence-corrected chi connectivity index (χ3v) is 5.83. The van der Waals surface area contributed by atoms with Crippen LogP contribution < -0.4 is 10.9 Å². The number of carbonyl (C=O) groups excluding carboxylic acids is 1. The molecule has 0 aliphatic heterocycles. The molecule has 0 aliphatic rings.